The average molecular weight is 457 g/mol. The molecule has 1 saturated heterocycles. The van der Waals surface area contributed by atoms with Gasteiger partial charge in [-0.15, -0.1) is 0 Å². The molecule has 1 aromatic carbocycles. The van der Waals surface area contributed by atoms with Gasteiger partial charge < -0.3 is 20.1 Å². The monoisotopic (exact) mass is 456 g/mol. The van der Waals surface area contributed by atoms with E-state index in [4.69, 9.17) is 9.47 Å². The molecule has 2 N–H and O–H groups in total. The van der Waals surface area contributed by atoms with Crippen molar-refractivity contribution in [2.75, 3.05) is 46.4 Å². The van der Waals surface area contributed by atoms with Gasteiger partial charge in [0.05, 0.1) is 25.3 Å². The Morgan fingerprint density at radius 2 is 1.88 bits per heavy atom. The van der Waals surface area contributed by atoms with Crippen molar-refractivity contribution in [3.8, 4) is 5.75 Å². The lowest BCUT2D eigenvalue weighted by Gasteiger charge is -2.41. The van der Waals surface area contributed by atoms with Gasteiger partial charge in [-0.3, -0.25) is 9.80 Å². The minimum atomic E-state index is -0.591. The summed E-state index contributed by atoms with van der Waals surface area (Å²) < 4.78 is 10.7. The Morgan fingerprint density at radius 1 is 1.12 bits per heavy atom. The van der Waals surface area contributed by atoms with Crippen molar-refractivity contribution in [1.29, 1.82) is 0 Å². The van der Waals surface area contributed by atoms with E-state index in [1.807, 2.05) is 24.3 Å². The van der Waals surface area contributed by atoms with Gasteiger partial charge in [-0.1, -0.05) is 31.4 Å². The Hall–Kier alpha value is -2.58. The molecule has 0 unspecified atom stereocenters. The number of amides is 2. The maximum absolute atomic E-state index is 13.0. The van der Waals surface area contributed by atoms with E-state index < -0.39 is 12.0 Å². The molecule has 1 saturated carbocycles. The lowest BCUT2D eigenvalue weighted by Crippen LogP contribution is -2.53. The van der Waals surface area contributed by atoms with Gasteiger partial charge in [-0.05, 0) is 37.5 Å². The predicted molar refractivity (Wildman–Crippen MR) is 126 cm³/mol. The van der Waals surface area contributed by atoms with Gasteiger partial charge >= 0.3 is 12.0 Å². The van der Waals surface area contributed by atoms with Crippen molar-refractivity contribution in [3.05, 3.63) is 41.1 Å². The molecule has 1 aliphatic carbocycles. The maximum Gasteiger partial charge on any atom is 0.338 e. The van der Waals surface area contributed by atoms with Crippen LogP contribution in [-0.4, -0.2) is 74.3 Å². The molecule has 1 aromatic rings. The third-order valence-electron chi connectivity index (χ3n) is 6.96. The second-order valence-electron chi connectivity index (χ2n) is 9.02. The number of hydrogen-bond donors (Lipinski definition) is 2. The van der Waals surface area contributed by atoms with Gasteiger partial charge in [-0.25, -0.2) is 9.59 Å². The number of ether oxygens (including phenoxy) is 2. The molecule has 4 rings (SSSR count). The zero-order chi connectivity index (χ0) is 23.2. The molecule has 0 aromatic heterocycles. The van der Waals surface area contributed by atoms with Gasteiger partial charge in [0.1, 0.15) is 5.75 Å². The fourth-order valence-corrected chi connectivity index (χ4v) is 5.22. The van der Waals surface area contributed by atoms with Crippen LogP contribution in [0, 0.1) is 0 Å². The van der Waals surface area contributed by atoms with Crippen LogP contribution in [0.3, 0.4) is 0 Å². The standard InChI is InChI=1S/C25H36N4O4/c1-3-33-24(30)22-21(17-28-12-14-29(15-13-28)19-9-5-4-6-10-19)26-25(31)27-23(22)18-8-7-11-20(16-18)32-2/h7-8,11,16,19,23H,3-6,9-10,12-15,17H2,1-2H3,(H2,26,27,31)/t23-/m0/s1. The second kappa shape index (κ2) is 11.0. The zero-order valence-corrected chi connectivity index (χ0v) is 19.8. The molecule has 3 aliphatic rings. The molecule has 0 spiro atoms. The van der Waals surface area contributed by atoms with Crippen LogP contribution >= 0.6 is 0 Å². The quantitative estimate of drug-likeness (QED) is 0.614. The van der Waals surface area contributed by atoms with E-state index in [0.717, 1.165) is 31.7 Å². The van der Waals surface area contributed by atoms with Crippen LogP contribution in [-0.2, 0) is 9.53 Å². The summed E-state index contributed by atoms with van der Waals surface area (Å²) in [6.45, 7) is 6.47. The van der Waals surface area contributed by atoms with E-state index in [1.54, 1.807) is 14.0 Å². The van der Waals surface area contributed by atoms with Crippen molar-refractivity contribution < 1.29 is 19.1 Å². The highest BCUT2D eigenvalue weighted by Gasteiger charge is 2.35. The number of methoxy groups -OCH3 is 1. The van der Waals surface area contributed by atoms with E-state index in [2.05, 4.69) is 20.4 Å². The Balaban J connectivity index is 1.53. The molecule has 2 heterocycles. The molecule has 2 fully saturated rings. The van der Waals surface area contributed by atoms with Crippen LogP contribution in [0.25, 0.3) is 0 Å². The molecule has 1 atom stereocenters. The molecular weight excluding hydrogens is 420 g/mol. The topological polar surface area (TPSA) is 83.1 Å². The Bertz CT molecular complexity index is 873. The summed E-state index contributed by atoms with van der Waals surface area (Å²) >= 11 is 0. The number of urea groups is 1. The summed E-state index contributed by atoms with van der Waals surface area (Å²) in [5.74, 6) is 0.262. The van der Waals surface area contributed by atoms with Gasteiger partial charge in [0, 0.05) is 44.5 Å². The van der Waals surface area contributed by atoms with E-state index in [-0.39, 0.29) is 12.6 Å². The van der Waals surface area contributed by atoms with Crippen molar-refractivity contribution in [2.45, 2.75) is 51.1 Å². The lowest BCUT2D eigenvalue weighted by atomic mass is 9.93. The Labute approximate surface area is 196 Å². The number of hydrogen-bond acceptors (Lipinski definition) is 6. The summed E-state index contributed by atoms with van der Waals surface area (Å²) in [5.41, 5.74) is 1.86. The molecule has 33 heavy (non-hydrogen) atoms. The maximum atomic E-state index is 13.0. The number of nitrogens with one attached hydrogen (secondary N) is 2. The third kappa shape index (κ3) is 5.68. The Morgan fingerprint density at radius 3 is 2.58 bits per heavy atom. The first kappa shape index (κ1) is 23.6. The first-order valence-electron chi connectivity index (χ1n) is 12.2. The summed E-state index contributed by atoms with van der Waals surface area (Å²) in [7, 11) is 1.60. The first-order valence-corrected chi connectivity index (χ1v) is 12.2. The second-order valence-corrected chi connectivity index (χ2v) is 9.02. The summed E-state index contributed by atoms with van der Waals surface area (Å²) in [6.07, 6.45) is 6.66. The molecule has 8 nitrogen and oxygen atoms in total. The minimum absolute atomic E-state index is 0.272. The van der Waals surface area contributed by atoms with Gasteiger partial charge in [0.15, 0.2) is 0 Å². The molecule has 2 aliphatic heterocycles. The van der Waals surface area contributed by atoms with Crippen LogP contribution in [0.2, 0.25) is 0 Å². The number of benzene rings is 1. The van der Waals surface area contributed by atoms with Crippen molar-refractivity contribution in [2.24, 2.45) is 0 Å². The van der Waals surface area contributed by atoms with Crippen LogP contribution in [0.4, 0.5) is 4.79 Å². The number of esters is 1. The van der Waals surface area contributed by atoms with Crippen LogP contribution in [0.1, 0.15) is 50.6 Å². The number of carbonyl (C=O) groups excluding carboxylic acids is 2. The predicted octanol–water partition coefficient (Wildman–Crippen LogP) is 2.82. The fraction of sp³-hybridized carbons (Fsp3) is 0.600. The molecule has 0 bridgehead atoms. The highest BCUT2D eigenvalue weighted by molar-refractivity contribution is 5.95. The van der Waals surface area contributed by atoms with E-state index in [0.29, 0.717) is 29.6 Å². The van der Waals surface area contributed by atoms with Crippen molar-refractivity contribution in [1.82, 2.24) is 20.4 Å². The van der Waals surface area contributed by atoms with E-state index in [9.17, 15) is 9.59 Å². The van der Waals surface area contributed by atoms with Crippen LogP contribution < -0.4 is 15.4 Å². The van der Waals surface area contributed by atoms with Gasteiger partial charge in [0.25, 0.3) is 0 Å². The molecule has 8 heteroatoms. The van der Waals surface area contributed by atoms with Crippen LogP contribution in [0.5, 0.6) is 5.75 Å². The zero-order valence-electron chi connectivity index (χ0n) is 19.8. The molecular formula is C25H36N4O4. The third-order valence-corrected chi connectivity index (χ3v) is 6.96. The molecule has 0 radical (unpaired) electrons. The summed E-state index contributed by atoms with van der Waals surface area (Å²) in [5, 5.41) is 5.80. The van der Waals surface area contributed by atoms with Crippen LogP contribution in [0.15, 0.2) is 35.5 Å². The lowest BCUT2D eigenvalue weighted by molar-refractivity contribution is -0.139. The molecule has 2 amide bonds. The minimum Gasteiger partial charge on any atom is -0.497 e. The van der Waals surface area contributed by atoms with Gasteiger partial charge in [-0.2, -0.15) is 0 Å². The van der Waals surface area contributed by atoms with Crippen molar-refractivity contribution in [3.63, 3.8) is 0 Å². The van der Waals surface area contributed by atoms with E-state index >= 15 is 0 Å². The SMILES string of the molecule is CCOC(=O)C1=C(CN2CCN(C3CCCCC3)CC2)NC(=O)N[C@H]1c1cccc(OC)c1. The van der Waals surface area contributed by atoms with Gasteiger partial charge in [0.2, 0.25) is 0 Å². The number of rotatable bonds is 7. The number of nitrogens with zero attached hydrogens (tertiary/aromatic N) is 2. The number of piperazine rings is 1. The fourth-order valence-electron chi connectivity index (χ4n) is 5.22. The smallest absolute Gasteiger partial charge is 0.338 e. The first-order chi connectivity index (χ1) is 16.1. The Kier molecular flexibility index (Phi) is 7.88. The summed E-state index contributed by atoms with van der Waals surface area (Å²) in [4.78, 5) is 30.5. The highest BCUT2D eigenvalue weighted by Crippen LogP contribution is 2.30. The largest absolute Gasteiger partial charge is 0.497 e. The normalized spacial score (nSPS) is 23.1. The van der Waals surface area contributed by atoms with Crippen molar-refractivity contribution >= 4 is 12.0 Å². The average Bonchev–Trinajstić information content (AvgIpc) is 2.85. The highest BCUT2D eigenvalue weighted by atomic mass is 16.5. The summed E-state index contributed by atoms with van der Waals surface area (Å²) in [6, 6.07) is 7.24. The number of carbonyl (C=O) groups is 2. The van der Waals surface area contributed by atoms with E-state index in [1.165, 1.54) is 32.1 Å². The molecule has 180 valence electrons.